The zero-order chi connectivity index (χ0) is 20.8. The van der Waals surface area contributed by atoms with Gasteiger partial charge in [0, 0.05) is 9.90 Å². The summed E-state index contributed by atoms with van der Waals surface area (Å²) in [5, 5.41) is 15.3. The summed E-state index contributed by atoms with van der Waals surface area (Å²) in [6.07, 6.45) is 0.0420. The second kappa shape index (κ2) is 9.19. The van der Waals surface area contributed by atoms with E-state index in [0.29, 0.717) is 27.1 Å². The Labute approximate surface area is 176 Å². The van der Waals surface area contributed by atoms with Crippen molar-refractivity contribution in [3.8, 4) is 16.5 Å². The third kappa shape index (κ3) is 5.31. The van der Waals surface area contributed by atoms with Crippen molar-refractivity contribution in [3.05, 3.63) is 64.8 Å². The number of nitrogens with one attached hydrogen (secondary N) is 2. The molecule has 0 spiro atoms. The van der Waals surface area contributed by atoms with Crippen molar-refractivity contribution in [2.75, 3.05) is 11.9 Å². The molecule has 9 heteroatoms. The number of amides is 2. The quantitative estimate of drug-likeness (QED) is 0.500. The van der Waals surface area contributed by atoms with Gasteiger partial charge in [-0.05, 0) is 35.9 Å². The SMILES string of the molecule is N#CCNC(=O)Cc1cccc(Nc2sc(-c3ccc(Cl)cc3)cc2C(N)=O)n1. The Morgan fingerprint density at radius 1 is 1.21 bits per heavy atom. The Bertz CT molecular complexity index is 1090. The topological polar surface area (TPSA) is 121 Å². The van der Waals surface area contributed by atoms with E-state index in [2.05, 4.69) is 15.6 Å². The highest BCUT2D eigenvalue weighted by atomic mass is 35.5. The standard InChI is InChI=1S/C20H16ClN5O2S/c21-13-6-4-12(5-7-13)16-11-15(19(23)28)20(29-16)26-17-3-1-2-14(25-17)10-18(27)24-9-8-22/h1-7,11H,9-10H2,(H2,23,28)(H,24,27)(H,25,26). The van der Waals surface area contributed by atoms with E-state index < -0.39 is 5.91 Å². The molecule has 0 bridgehead atoms. The fourth-order valence-electron chi connectivity index (χ4n) is 2.55. The molecule has 1 aromatic carbocycles. The third-order valence-electron chi connectivity index (χ3n) is 3.88. The Hall–Kier alpha value is -3.41. The molecule has 0 aliphatic heterocycles. The molecule has 0 radical (unpaired) electrons. The molecule has 0 aliphatic carbocycles. The highest BCUT2D eigenvalue weighted by molar-refractivity contribution is 7.19. The maximum Gasteiger partial charge on any atom is 0.251 e. The average molecular weight is 426 g/mol. The molecule has 29 heavy (non-hydrogen) atoms. The molecule has 3 aromatic rings. The van der Waals surface area contributed by atoms with Crippen LogP contribution in [0.2, 0.25) is 5.02 Å². The van der Waals surface area contributed by atoms with E-state index in [1.165, 1.54) is 11.3 Å². The van der Waals surface area contributed by atoms with E-state index >= 15 is 0 Å². The van der Waals surface area contributed by atoms with E-state index in [1.54, 1.807) is 36.4 Å². The highest BCUT2D eigenvalue weighted by Gasteiger charge is 2.16. The van der Waals surface area contributed by atoms with Crippen LogP contribution in [0.25, 0.3) is 10.4 Å². The molecule has 0 fully saturated rings. The lowest BCUT2D eigenvalue weighted by Crippen LogP contribution is -2.25. The first kappa shape index (κ1) is 20.3. The van der Waals surface area contributed by atoms with Gasteiger partial charge in [0.1, 0.15) is 17.4 Å². The van der Waals surface area contributed by atoms with Gasteiger partial charge in [-0.2, -0.15) is 5.26 Å². The molecule has 2 amide bonds. The van der Waals surface area contributed by atoms with Crippen molar-refractivity contribution in [3.63, 3.8) is 0 Å². The number of anilines is 2. The van der Waals surface area contributed by atoms with Crippen molar-refractivity contribution in [1.29, 1.82) is 5.26 Å². The van der Waals surface area contributed by atoms with Crippen molar-refractivity contribution < 1.29 is 9.59 Å². The number of pyridine rings is 1. The van der Waals surface area contributed by atoms with Gasteiger partial charge in [0.25, 0.3) is 5.91 Å². The van der Waals surface area contributed by atoms with Gasteiger partial charge in [-0.1, -0.05) is 29.8 Å². The fourth-order valence-corrected chi connectivity index (χ4v) is 3.75. The number of primary amides is 1. The number of hydrogen-bond donors (Lipinski definition) is 3. The van der Waals surface area contributed by atoms with Crippen LogP contribution in [0.3, 0.4) is 0 Å². The van der Waals surface area contributed by atoms with Gasteiger partial charge in [0.15, 0.2) is 0 Å². The van der Waals surface area contributed by atoms with Crippen LogP contribution < -0.4 is 16.4 Å². The summed E-state index contributed by atoms with van der Waals surface area (Å²) in [7, 11) is 0. The number of carbonyl (C=O) groups excluding carboxylic acids is 2. The molecule has 0 atom stereocenters. The molecular weight excluding hydrogens is 410 g/mol. The van der Waals surface area contributed by atoms with Gasteiger partial charge in [0.05, 0.1) is 23.7 Å². The van der Waals surface area contributed by atoms with E-state index in [1.807, 2.05) is 18.2 Å². The number of thiophene rings is 1. The minimum atomic E-state index is -0.559. The molecule has 2 aromatic heterocycles. The van der Waals surface area contributed by atoms with Gasteiger partial charge >= 0.3 is 0 Å². The van der Waals surface area contributed by atoms with Crippen molar-refractivity contribution in [1.82, 2.24) is 10.3 Å². The molecule has 0 unspecified atom stereocenters. The van der Waals surface area contributed by atoms with Crippen LogP contribution >= 0.6 is 22.9 Å². The lowest BCUT2D eigenvalue weighted by Gasteiger charge is -2.07. The van der Waals surface area contributed by atoms with E-state index in [0.717, 1.165) is 10.4 Å². The molecule has 3 rings (SSSR count). The first-order valence-electron chi connectivity index (χ1n) is 8.52. The van der Waals surface area contributed by atoms with E-state index in [9.17, 15) is 9.59 Å². The second-order valence-electron chi connectivity index (χ2n) is 5.98. The number of rotatable bonds is 7. The van der Waals surface area contributed by atoms with Crippen LogP contribution in [-0.4, -0.2) is 23.3 Å². The number of halogens is 1. The normalized spacial score (nSPS) is 10.2. The molecule has 146 valence electrons. The summed E-state index contributed by atoms with van der Waals surface area (Å²) in [5.74, 6) is -0.381. The third-order valence-corrected chi connectivity index (χ3v) is 5.23. The molecule has 4 N–H and O–H groups in total. The lowest BCUT2D eigenvalue weighted by molar-refractivity contribution is -0.120. The molecule has 0 saturated carbocycles. The van der Waals surface area contributed by atoms with Crippen LogP contribution in [0.4, 0.5) is 10.8 Å². The zero-order valence-corrected chi connectivity index (χ0v) is 16.7. The Morgan fingerprint density at radius 3 is 2.66 bits per heavy atom. The van der Waals surface area contributed by atoms with Gasteiger partial charge < -0.3 is 16.4 Å². The Morgan fingerprint density at radius 2 is 1.97 bits per heavy atom. The number of aromatic nitrogens is 1. The summed E-state index contributed by atoms with van der Waals surface area (Å²) in [6, 6.07) is 16.0. The summed E-state index contributed by atoms with van der Waals surface area (Å²) >= 11 is 7.30. The van der Waals surface area contributed by atoms with Crippen LogP contribution in [-0.2, 0) is 11.2 Å². The number of carbonyl (C=O) groups is 2. The highest BCUT2D eigenvalue weighted by Crippen LogP contribution is 2.37. The zero-order valence-electron chi connectivity index (χ0n) is 15.1. The summed E-state index contributed by atoms with van der Waals surface area (Å²) in [4.78, 5) is 28.9. The van der Waals surface area contributed by atoms with Gasteiger partial charge in [-0.25, -0.2) is 4.98 Å². The lowest BCUT2D eigenvalue weighted by atomic mass is 10.1. The summed E-state index contributed by atoms with van der Waals surface area (Å²) < 4.78 is 0. The van der Waals surface area contributed by atoms with Gasteiger partial charge in [0.2, 0.25) is 5.91 Å². The van der Waals surface area contributed by atoms with Crippen LogP contribution in [0.1, 0.15) is 16.1 Å². The Kier molecular flexibility index (Phi) is 6.44. The average Bonchev–Trinajstić information content (AvgIpc) is 3.11. The maximum absolute atomic E-state index is 11.9. The number of nitrogens with zero attached hydrogens (tertiary/aromatic N) is 2. The molecule has 7 nitrogen and oxygen atoms in total. The molecule has 0 aliphatic rings. The minimum Gasteiger partial charge on any atom is -0.366 e. The monoisotopic (exact) mass is 425 g/mol. The smallest absolute Gasteiger partial charge is 0.251 e. The summed E-state index contributed by atoms with van der Waals surface area (Å²) in [6.45, 7) is -0.0542. The molecule has 2 heterocycles. The van der Waals surface area contributed by atoms with E-state index in [-0.39, 0.29) is 18.9 Å². The molecule has 0 saturated heterocycles. The van der Waals surface area contributed by atoms with Gasteiger partial charge in [-0.15, -0.1) is 11.3 Å². The van der Waals surface area contributed by atoms with Crippen LogP contribution in [0.15, 0.2) is 48.5 Å². The number of hydrogen-bond acceptors (Lipinski definition) is 6. The van der Waals surface area contributed by atoms with Crippen LogP contribution in [0, 0.1) is 11.3 Å². The number of benzene rings is 1. The van der Waals surface area contributed by atoms with Crippen LogP contribution in [0.5, 0.6) is 0 Å². The van der Waals surface area contributed by atoms with Crippen molar-refractivity contribution in [2.24, 2.45) is 5.73 Å². The molecular formula is C20H16ClN5O2S. The maximum atomic E-state index is 11.9. The second-order valence-corrected chi connectivity index (χ2v) is 7.46. The number of nitrogens with two attached hydrogens (primary N) is 1. The number of nitriles is 1. The Balaban J connectivity index is 1.83. The minimum absolute atomic E-state index is 0.0420. The first-order valence-corrected chi connectivity index (χ1v) is 9.72. The van der Waals surface area contributed by atoms with Crippen molar-refractivity contribution in [2.45, 2.75) is 6.42 Å². The predicted octanol–water partition coefficient (Wildman–Crippen LogP) is 3.49. The largest absolute Gasteiger partial charge is 0.366 e. The van der Waals surface area contributed by atoms with Gasteiger partial charge in [-0.3, -0.25) is 9.59 Å². The predicted molar refractivity (Wildman–Crippen MR) is 113 cm³/mol. The van der Waals surface area contributed by atoms with E-state index in [4.69, 9.17) is 22.6 Å². The fraction of sp³-hybridized carbons (Fsp3) is 0.100. The summed E-state index contributed by atoms with van der Waals surface area (Å²) in [5.41, 5.74) is 7.32. The van der Waals surface area contributed by atoms with Crippen molar-refractivity contribution >= 4 is 45.6 Å². The first-order chi connectivity index (χ1) is 14.0.